The van der Waals surface area contributed by atoms with Crippen molar-refractivity contribution < 1.29 is 22.1 Å². The van der Waals surface area contributed by atoms with Gasteiger partial charge in [0.05, 0.1) is 18.9 Å². The van der Waals surface area contributed by atoms with E-state index in [2.05, 4.69) is 0 Å². The van der Waals surface area contributed by atoms with Gasteiger partial charge in [0, 0.05) is 10.7 Å². The maximum absolute atomic E-state index is 11.7. The molecule has 1 aliphatic heterocycles. The van der Waals surface area contributed by atoms with Gasteiger partial charge < -0.3 is 4.74 Å². The van der Waals surface area contributed by atoms with Gasteiger partial charge in [0.1, 0.15) is 6.61 Å². The second-order valence-electron chi connectivity index (χ2n) is 4.07. The zero-order valence-electron chi connectivity index (χ0n) is 10.1. The summed E-state index contributed by atoms with van der Waals surface area (Å²) in [6.07, 6.45) is 0.418. The minimum atomic E-state index is -3.56. The van der Waals surface area contributed by atoms with Gasteiger partial charge >= 0.3 is 6.09 Å². The number of benzene rings is 1. The van der Waals surface area contributed by atoms with Gasteiger partial charge in [0.25, 0.3) is 10.1 Å². The van der Waals surface area contributed by atoms with Crippen molar-refractivity contribution in [3.63, 3.8) is 0 Å². The Hall–Kier alpha value is -1.31. The molecule has 6 nitrogen and oxygen atoms in total. The number of anilines is 1. The Morgan fingerprint density at radius 3 is 2.63 bits per heavy atom. The first-order valence-corrected chi connectivity index (χ1v) is 7.62. The monoisotopic (exact) mass is 305 g/mol. The highest BCUT2D eigenvalue weighted by Crippen LogP contribution is 2.25. The molecule has 0 bridgehead atoms. The van der Waals surface area contributed by atoms with Crippen molar-refractivity contribution in [2.24, 2.45) is 0 Å². The van der Waals surface area contributed by atoms with Gasteiger partial charge in [0.15, 0.2) is 0 Å². The van der Waals surface area contributed by atoms with E-state index in [4.69, 9.17) is 20.5 Å². The van der Waals surface area contributed by atoms with Crippen LogP contribution in [0.2, 0.25) is 5.02 Å². The molecule has 0 saturated carbocycles. The van der Waals surface area contributed by atoms with Crippen LogP contribution in [0.1, 0.15) is 0 Å². The molecule has 1 amide bonds. The maximum atomic E-state index is 11.7. The summed E-state index contributed by atoms with van der Waals surface area (Å²) in [6.45, 7) is -0.0653. The Balaban J connectivity index is 2.16. The molecule has 1 saturated heterocycles. The van der Waals surface area contributed by atoms with E-state index >= 15 is 0 Å². The van der Waals surface area contributed by atoms with E-state index in [0.29, 0.717) is 10.7 Å². The summed E-state index contributed by atoms with van der Waals surface area (Å²) in [4.78, 5) is 13.0. The van der Waals surface area contributed by atoms with Crippen LogP contribution < -0.4 is 4.90 Å². The number of halogens is 1. The number of hydrogen-bond donors (Lipinski definition) is 0. The SMILES string of the molecule is CS(=O)(=O)OC[C@H]1COC(=O)N1c1ccc(Cl)cc1. The molecule has 2 rings (SSSR count). The number of nitrogens with zero attached hydrogens (tertiary/aromatic N) is 1. The number of amides is 1. The molecule has 1 aliphatic rings. The van der Waals surface area contributed by atoms with E-state index in [1.807, 2.05) is 0 Å². The zero-order chi connectivity index (χ0) is 14.0. The third-order valence-corrected chi connectivity index (χ3v) is 3.36. The van der Waals surface area contributed by atoms with Crippen LogP contribution >= 0.6 is 11.6 Å². The summed E-state index contributed by atoms with van der Waals surface area (Å²) >= 11 is 5.77. The average Bonchev–Trinajstić information content (AvgIpc) is 2.68. The van der Waals surface area contributed by atoms with Crippen molar-refractivity contribution in [3.8, 4) is 0 Å². The number of hydrogen-bond acceptors (Lipinski definition) is 5. The second kappa shape index (κ2) is 5.36. The number of ether oxygens (including phenoxy) is 1. The lowest BCUT2D eigenvalue weighted by atomic mass is 10.2. The van der Waals surface area contributed by atoms with Crippen molar-refractivity contribution in [1.82, 2.24) is 0 Å². The Morgan fingerprint density at radius 1 is 1.42 bits per heavy atom. The highest BCUT2D eigenvalue weighted by Gasteiger charge is 2.35. The molecule has 0 N–H and O–H groups in total. The first kappa shape index (κ1) is 14.1. The third kappa shape index (κ3) is 3.59. The van der Waals surface area contributed by atoms with E-state index in [0.717, 1.165) is 6.26 Å². The van der Waals surface area contributed by atoms with E-state index in [1.165, 1.54) is 4.90 Å². The molecule has 0 aromatic heterocycles. The van der Waals surface area contributed by atoms with Crippen LogP contribution in [-0.2, 0) is 19.0 Å². The Kier molecular flexibility index (Phi) is 3.98. The molecule has 0 spiro atoms. The van der Waals surface area contributed by atoms with E-state index in [9.17, 15) is 13.2 Å². The van der Waals surface area contributed by atoms with Crippen LogP contribution in [0.5, 0.6) is 0 Å². The normalized spacial score (nSPS) is 19.6. The largest absolute Gasteiger partial charge is 0.447 e. The first-order valence-electron chi connectivity index (χ1n) is 5.43. The van der Waals surface area contributed by atoms with E-state index in [-0.39, 0.29) is 13.2 Å². The van der Waals surface area contributed by atoms with Gasteiger partial charge in [0.2, 0.25) is 0 Å². The van der Waals surface area contributed by atoms with Gasteiger partial charge in [-0.2, -0.15) is 8.42 Å². The lowest BCUT2D eigenvalue weighted by Crippen LogP contribution is -2.37. The quantitative estimate of drug-likeness (QED) is 0.791. The van der Waals surface area contributed by atoms with Gasteiger partial charge in [-0.1, -0.05) is 11.6 Å². The van der Waals surface area contributed by atoms with E-state index < -0.39 is 22.3 Å². The minimum Gasteiger partial charge on any atom is -0.447 e. The number of carbonyl (C=O) groups excluding carboxylic acids is 1. The molecule has 1 aromatic carbocycles. The molecule has 0 radical (unpaired) electrons. The number of cyclic esters (lactones) is 1. The number of carbonyl (C=O) groups is 1. The van der Waals surface area contributed by atoms with Crippen LogP contribution in [0.25, 0.3) is 0 Å². The summed E-state index contributed by atoms with van der Waals surface area (Å²) in [5.41, 5.74) is 0.578. The number of rotatable bonds is 4. The molecule has 1 aromatic rings. The van der Waals surface area contributed by atoms with E-state index in [1.54, 1.807) is 24.3 Å². The highest BCUT2D eigenvalue weighted by atomic mass is 35.5. The average molecular weight is 306 g/mol. The van der Waals surface area contributed by atoms with Crippen LogP contribution in [0, 0.1) is 0 Å². The molecule has 0 unspecified atom stereocenters. The fraction of sp³-hybridized carbons (Fsp3) is 0.364. The molecule has 104 valence electrons. The molecule has 19 heavy (non-hydrogen) atoms. The molecule has 1 fully saturated rings. The molecule has 8 heteroatoms. The summed E-state index contributed by atoms with van der Waals surface area (Å²) in [7, 11) is -3.56. The van der Waals surface area contributed by atoms with Crippen molar-refractivity contribution in [1.29, 1.82) is 0 Å². The molecular formula is C11H12ClNO5S. The summed E-state index contributed by atoms with van der Waals surface area (Å²) < 4.78 is 31.6. The maximum Gasteiger partial charge on any atom is 0.414 e. The third-order valence-electron chi connectivity index (χ3n) is 2.54. The zero-order valence-corrected chi connectivity index (χ0v) is 11.6. The molecular weight excluding hydrogens is 294 g/mol. The summed E-state index contributed by atoms with van der Waals surface area (Å²) in [5, 5.41) is 0.542. The lowest BCUT2D eigenvalue weighted by Gasteiger charge is -2.20. The van der Waals surface area contributed by atoms with Gasteiger partial charge in [-0.3, -0.25) is 9.08 Å². The fourth-order valence-corrected chi connectivity index (χ4v) is 2.23. The molecule has 1 atom stereocenters. The first-order chi connectivity index (χ1) is 8.87. The van der Waals surface area contributed by atoms with Crippen molar-refractivity contribution in [3.05, 3.63) is 29.3 Å². The molecule has 0 aliphatic carbocycles. The topological polar surface area (TPSA) is 72.9 Å². The minimum absolute atomic E-state index is 0.0803. The van der Waals surface area contributed by atoms with Crippen LogP contribution in [0.4, 0.5) is 10.5 Å². The molecule has 1 heterocycles. The van der Waals surface area contributed by atoms with Gasteiger partial charge in [-0.05, 0) is 24.3 Å². The Morgan fingerprint density at radius 2 is 2.05 bits per heavy atom. The predicted octanol–water partition coefficient (Wildman–Crippen LogP) is 1.64. The predicted molar refractivity (Wildman–Crippen MR) is 69.9 cm³/mol. The highest BCUT2D eigenvalue weighted by molar-refractivity contribution is 7.85. The van der Waals surface area contributed by atoms with Crippen LogP contribution in [-0.4, -0.2) is 40.0 Å². The standard InChI is InChI=1S/C11H12ClNO5S/c1-19(15,16)18-7-10-6-17-11(14)13(10)9-4-2-8(12)3-5-9/h2-5,10H,6-7H2,1H3/t10-/m1/s1. The van der Waals surface area contributed by atoms with Crippen molar-refractivity contribution in [2.75, 3.05) is 24.4 Å². The van der Waals surface area contributed by atoms with Gasteiger partial charge in [-0.15, -0.1) is 0 Å². The Labute approximate surface area is 116 Å². The van der Waals surface area contributed by atoms with Crippen LogP contribution in [0.3, 0.4) is 0 Å². The summed E-state index contributed by atoms with van der Waals surface area (Å²) in [6, 6.07) is 6.10. The lowest BCUT2D eigenvalue weighted by molar-refractivity contribution is 0.175. The summed E-state index contributed by atoms with van der Waals surface area (Å²) in [5.74, 6) is 0. The van der Waals surface area contributed by atoms with Crippen molar-refractivity contribution >= 4 is 33.5 Å². The van der Waals surface area contributed by atoms with Crippen molar-refractivity contribution in [2.45, 2.75) is 6.04 Å². The van der Waals surface area contributed by atoms with Crippen LogP contribution in [0.15, 0.2) is 24.3 Å². The fourth-order valence-electron chi connectivity index (χ4n) is 1.70. The smallest absolute Gasteiger partial charge is 0.414 e. The second-order valence-corrected chi connectivity index (χ2v) is 6.15. The van der Waals surface area contributed by atoms with Gasteiger partial charge in [-0.25, -0.2) is 4.79 Å². The Bertz CT molecular complexity index is 571.